The van der Waals surface area contributed by atoms with Gasteiger partial charge in [0.15, 0.2) is 0 Å². The Morgan fingerprint density at radius 1 is 0.906 bits per heavy atom. The molecule has 2 aromatic carbocycles. The van der Waals surface area contributed by atoms with Crippen molar-refractivity contribution in [2.75, 3.05) is 0 Å². The zero-order valence-corrected chi connectivity index (χ0v) is 21.8. The first-order chi connectivity index (χ1) is 14.6. The van der Waals surface area contributed by atoms with Crippen molar-refractivity contribution in [3.05, 3.63) is 47.5 Å². The van der Waals surface area contributed by atoms with Crippen LogP contribution in [0.3, 0.4) is 0 Å². The molecule has 0 radical (unpaired) electrons. The standard InChI is InChI=1S/C19H18Cl4O7P2/c1-18(2)10-19(3,28-16-6-4-12(27-11-24)8-14(16)18)15-9-13(29-31(20,21)25)5-7-17(15)30-32(22,23)26/h4-9,11H,10H2,1-3H3. The topological polar surface area (TPSA) is 88.1 Å². The lowest BCUT2D eigenvalue weighted by Crippen LogP contribution is -2.41. The smallest absolute Gasteiger partial charge is 0.428 e. The zero-order valence-electron chi connectivity index (χ0n) is 17.0. The van der Waals surface area contributed by atoms with E-state index < -0.39 is 23.2 Å². The maximum Gasteiger partial charge on any atom is 0.428 e. The van der Waals surface area contributed by atoms with E-state index in [1.165, 1.54) is 18.2 Å². The molecule has 0 saturated carbocycles. The SMILES string of the molecule is CC1(C)CC(C)(c2cc(OP(=O)(Cl)Cl)ccc2OP(=O)(Cl)Cl)Oc2ccc(OC=O)cc21. The summed E-state index contributed by atoms with van der Waals surface area (Å²) in [5.41, 5.74) is -0.358. The molecule has 1 atom stereocenters. The van der Waals surface area contributed by atoms with E-state index in [9.17, 15) is 13.9 Å². The molecule has 13 heteroatoms. The fourth-order valence-corrected chi connectivity index (χ4v) is 5.59. The van der Waals surface area contributed by atoms with Gasteiger partial charge in [-0.25, -0.2) is 9.13 Å². The summed E-state index contributed by atoms with van der Waals surface area (Å²) < 4.78 is 45.4. The lowest BCUT2D eigenvalue weighted by atomic mass is 9.71. The minimum absolute atomic E-state index is 0.0721. The van der Waals surface area contributed by atoms with Gasteiger partial charge in [-0.15, -0.1) is 0 Å². The molecule has 0 spiro atoms. The molecule has 174 valence electrons. The van der Waals surface area contributed by atoms with E-state index in [1.54, 1.807) is 25.1 Å². The average molecular weight is 562 g/mol. The number of carbonyl (C=O) groups excluding carboxylic acids is 1. The van der Waals surface area contributed by atoms with E-state index >= 15 is 0 Å². The Morgan fingerprint density at radius 3 is 2.09 bits per heavy atom. The molecular formula is C19H18Cl4O7P2. The Bertz CT molecular complexity index is 1140. The molecule has 32 heavy (non-hydrogen) atoms. The second-order valence-electron chi connectivity index (χ2n) is 7.94. The molecule has 0 fully saturated rings. The molecule has 0 saturated heterocycles. The van der Waals surface area contributed by atoms with Crippen LogP contribution in [-0.2, 0) is 24.9 Å². The first kappa shape index (κ1) is 25.6. The van der Waals surface area contributed by atoms with Gasteiger partial charge < -0.3 is 18.5 Å². The van der Waals surface area contributed by atoms with Gasteiger partial charge in [0.2, 0.25) is 0 Å². The van der Waals surface area contributed by atoms with E-state index in [-0.39, 0.29) is 11.5 Å². The summed E-state index contributed by atoms with van der Waals surface area (Å²) in [5, 5.41) is 0. The molecule has 2 aromatic rings. The van der Waals surface area contributed by atoms with Gasteiger partial charge in [-0.2, -0.15) is 0 Å². The maximum atomic E-state index is 12.0. The average Bonchev–Trinajstić information content (AvgIpc) is 2.61. The van der Waals surface area contributed by atoms with Crippen LogP contribution in [0.5, 0.6) is 23.0 Å². The van der Waals surface area contributed by atoms with Crippen LogP contribution in [0.25, 0.3) is 0 Å². The van der Waals surface area contributed by atoms with Gasteiger partial charge in [0.25, 0.3) is 6.47 Å². The van der Waals surface area contributed by atoms with Crippen molar-refractivity contribution < 1.29 is 32.4 Å². The highest BCUT2D eigenvalue weighted by atomic mass is 35.9. The third-order valence-electron chi connectivity index (χ3n) is 4.92. The molecule has 0 aliphatic carbocycles. The summed E-state index contributed by atoms with van der Waals surface area (Å²) in [7, 11) is 0. The number of benzene rings is 2. The minimum atomic E-state index is -3.97. The number of ether oxygens (including phenoxy) is 2. The number of rotatable bonds is 7. The van der Waals surface area contributed by atoms with Crippen molar-refractivity contribution in [2.24, 2.45) is 0 Å². The Labute approximate surface area is 204 Å². The molecule has 1 aliphatic rings. The quantitative estimate of drug-likeness (QED) is 0.249. The molecule has 0 N–H and O–H groups in total. The third-order valence-corrected chi connectivity index (χ3v) is 6.58. The van der Waals surface area contributed by atoms with E-state index in [4.69, 9.17) is 63.5 Å². The van der Waals surface area contributed by atoms with Gasteiger partial charge in [-0.3, -0.25) is 4.79 Å². The van der Waals surface area contributed by atoms with E-state index in [2.05, 4.69) is 0 Å². The van der Waals surface area contributed by atoms with Crippen LogP contribution < -0.4 is 18.5 Å². The minimum Gasteiger partial charge on any atom is -0.482 e. The number of hydrogen-bond acceptors (Lipinski definition) is 7. The highest BCUT2D eigenvalue weighted by Crippen LogP contribution is 2.61. The normalized spacial score (nSPS) is 20.0. The van der Waals surface area contributed by atoms with Crippen molar-refractivity contribution in [3.63, 3.8) is 0 Å². The fraction of sp³-hybridized carbons (Fsp3) is 0.316. The highest BCUT2D eigenvalue weighted by Gasteiger charge is 2.45. The number of carbonyl (C=O) groups is 1. The van der Waals surface area contributed by atoms with E-state index in [1.807, 2.05) is 13.8 Å². The predicted molar refractivity (Wildman–Crippen MR) is 125 cm³/mol. The molecule has 1 aliphatic heterocycles. The Hall–Kier alpha value is -1.07. The Kier molecular flexibility index (Phi) is 7.14. The maximum absolute atomic E-state index is 12.0. The summed E-state index contributed by atoms with van der Waals surface area (Å²) in [6.07, 6.45) is -7.48. The molecule has 0 bridgehead atoms. The van der Waals surface area contributed by atoms with Crippen LogP contribution in [0.2, 0.25) is 0 Å². The molecule has 7 nitrogen and oxygen atoms in total. The van der Waals surface area contributed by atoms with Crippen LogP contribution in [0.1, 0.15) is 38.3 Å². The van der Waals surface area contributed by atoms with Crippen LogP contribution in [-0.4, -0.2) is 6.47 Å². The molecule has 1 heterocycles. The summed E-state index contributed by atoms with van der Waals surface area (Å²) in [6.45, 7) is 6.10. The zero-order chi connectivity index (χ0) is 23.9. The van der Waals surface area contributed by atoms with Crippen LogP contribution >= 0.6 is 57.1 Å². The Morgan fingerprint density at radius 2 is 1.50 bits per heavy atom. The molecular weight excluding hydrogens is 544 g/mol. The van der Waals surface area contributed by atoms with Gasteiger partial charge in [0.05, 0.1) is 0 Å². The predicted octanol–water partition coefficient (Wildman–Crippen LogP) is 8.13. The summed E-state index contributed by atoms with van der Waals surface area (Å²) in [4.78, 5) is 10.7. The van der Waals surface area contributed by atoms with Crippen molar-refractivity contribution in [1.29, 1.82) is 0 Å². The summed E-state index contributed by atoms with van der Waals surface area (Å²) >= 11 is 22.4. The number of hydrogen-bond donors (Lipinski definition) is 0. The first-order valence-corrected chi connectivity index (χ1v) is 16.0. The van der Waals surface area contributed by atoms with Gasteiger partial charge in [0, 0.05) is 62.5 Å². The monoisotopic (exact) mass is 560 g/mol. The van der Waals surface area contributed by atoms with Gasteiger partial charge in [-0.1, -0.05) is 13.8 Å². The van der Waals surface area contributed by atoms with Gasteiger partial charge >= 0.3 is 12.1 Å². The highest BCUT2D eigenvalue weighted by molar-refractivity contribution is 8.05. The summed E-state index contributed by atoms with van der Waals surface area (Å²) in [6, 6.07) is 9.21. The first-order valence-electron chi connectivity index (χ1n) is 9.08. The Balaban J connectivity index is 2.13. The molecule has 3 rings (SSSR count). The van der Waals surface area contributed by atoms with Gasteiger partial charge in [-0.05, 0) is 48.7 Å². The molecule has 0 aromatic heterocycles. The van der Waals surface area contributed by atoms with Crippen molar-refractivity contribution in [2.45, 2.75) is 38.2 Å². The van der Waals surface area contributed by atoms with Gasteiger partial charge in [0.1, 0.15) is 28.6 Å². The van der Waals surface area contributed by atoms with Crippen molar-refractivity contribution in [3.8, 4) is 23.0 Å². The second-order valence-corrected chi connectivity index (χ2v) is 16.3. The molecule has 1 unspecified atom stereocenters. The largest absolute Gasteiger partial charge is 0.482 e. The van der Waals surface area contributed by atoms with Crippen LogP contribution in [0.15, 0.2) is 36.4 Å². The lowest BCUT2D eigenvalue weighted by molar-refractivity contribution is -0.120. The van der Waals surface area contributed by atoms with Crippen molar-refractivity contribution >= 4 is 63.6 Å². The number of fused-ring (bicyclic) bond motifs is 1. The van der Waals surface area contributed by atoms with Crippen LogP contribution in [0, 0.1) is 0 Å². The summed E-state index contributed by atoms with van der Waals surface area (Å²) in [5.74, 6) is 1.05. The second kappa shape index (κ2) is 8.94. The third kappa shape index (κ3) is 6.08. The molecule has 0 amide bonds. The lowest BCUT2D eigenvalue weighted by Gasteiger charge is -2.45. The van der Waals surface area contributed by atoms with Crippen LogP contribution in [0.4, 0.5) is 0 Å². The van der Waals surface area contributed by atoms with E-state index in [0.29, 0.717) is 30.0 Å². The number of halogens is 4. The van der Waals surface area contributed by atoms with E-state index in [0.717, 1.165) is 5.56 Å². The van der Waals surface area contributed by atoms with Crippen molar-refractivity contribution in [1.82, 2.24) is 0 Å². The fourth-order valence-electron chi connectivity index (χ4n) is 3.92.